The van der Waals surface area contributed by atoms with Gasteiger partial charge in [-0.05, 0) is 51.0 Å². The highest BCUT2D eigenvalue weighted by Gasteiger charge is 2.14. The predicted octanol–water partition coefficient (Wildman–Crippen LogP) is 2.89. The van der Waals surface area contributed by atoms with Gasteiger partial charge in [-0.3, -0.25) is 4.98 Å². The zero-order valence-electron chi connectivity index (χ0n) is 12.2. The second-order valence-electron chi connectivity index (χ2n) is 5.35. The van der Waals surface area contributed by atoms with Crippen molar-refractivity contribution in [3.63, 3.8) is 0 Å². The lowest BCUT2D eigenvalue weighted by Gasteiger charge is -2.17. The van der Waals surface area contributed by atoms with E-state index in [1.165, 1.54) is 6.08 Å². The molecular weight excluding hydrogens is 242 g/mol. The van der Waals surface area contributed by atoms with Crippen molar-refractivity contribution in [3.05, 3.63) is 35.2 Å². The fourth-order valence-electron chi connectivity index (χ4n) is 1.52. The first-order valence-electron chi connectivity index (χ1n) is 6.17. The van der Waals surface area contributed by atoms with Gasteiger partial charge >= 0.3 is 5.97 Å². The molecular formula is C15H21NO3. The molecule has 1 rings (SSSR count). The van der Waals surface area contributed by atoms with E-state index in [1.807, 2.05) is 33.8 Å². The first-order chi connectivity index (χ1) is 8.81. The van der Waals surface area contributed by atoms with Gasteiger partial charge in [-0.2, -0.15) is 0 Å². The molecule has 1 heterocycles. The number of aromatic nitrogens is 1. The van der Waals surface area contributed by atoms with Gasteiger partial charge in [0, 0.05) is 19.4 Å². The molecule has 104 valence electrons. The molecule has 4 nitrogen and oxygen atoms in total. The predicted molar refractivity (Wildman–Crippen MR) is 74.6 cm³/mol. The second-order valence-corrected chi connectivity index (χ2v) is 5.35. The fourth-order valence-corrected chi connectivity index (χ4v) is 1.52. The first-order valence-corrected chi connectivity index (χ1v) is 6.17. The molecule has 0 bridgehead atoms. The Bertz CT molecular complexity index is 473. The van der Waals surface area contributed by atoms with Crippen molar-refractivity contribution in [2.24, 2.45) is 0 Å². The number of ether oxygens (including phenoxy) is 2. The van der Waals surface area contributed by atoms with Crippen molar-refractivity contribution in [3.8, 4) is 0 Å². The molecule has 0 radical (unpaired) electrons. The summed E-state index contributed by atoms with van der Waals surface area (Å²) in [5, 5.41) is 0. The minimum atomic E-state index is -0.484. The van der Waals surface area contributed by atoms with Gasteiger partial charge < -0.3 is 9.47 Å². The van der Waals surface area contributed by atoms with Gasteiger partial charge in [-0.25, -0.2) is 4.79 Å². The summed E-state index contributed by atoms with van der Waals surface area (Å²) in [7, 11) is 1.61. The molecule has 0 fully saturated rings. The summed E-state index contributed by atoms with van der Waals surface area (Å²) in [4.78, 5) is 15.9. The highest BCUT2D eigenvalue weighted by molar-refractivity contribution is 5.87. The summed E-state index contributed by atoms with van der Waals surface area (Å²) >= 11 is 0. The van der Waals surface area contributed by atoms with Gasteiger partial charge in [0.2, 0.25) is 0 Å². The molecule has 0 saturated heterocycles. The van der Waals surface area contributed by atoms with Crippen LogP contribution in [-0.4, -0.2) is 23.7 Å². The Hall–Kier alpha value is -1.68. The van der Waals surface area contributed by atoms with Gasteiger partial charge in [0.1, 0.15) is 5.60 Å². The molecule has 1 aromatic rings. The van der Waals surface area contributed by atoms with E-state index in [1.54, 1.807) is 19.4 Å². The quantitative estimate of drug-likeness (QED) is 0.619. The third-order valence-corrected chi connectivity index (χ3v) is 2.23. The van der Waals surface area contributed by atoms with E-state index in [2.05, 4.69) is 4.98 Å². The number of pyridine rings is 1. The number of methoxy groups -OCH3 is 1. The van der Waals surface area contributed by atoms with Gasteiger partial charge in [0.25, 0.3) is 0 Å². The summed E-state index contributed by atoms with van der Waals surface area (Å²) in [5.41, 5.74) is 2.21. The molecule has 0 aromatic carbocycles. The molecule has 0 aliphatic rings. The molecule has 0 atom stereocenters. The van der Waals surface area contributed by atoms with Crippen LogP contribution in [0.4, 0.5) is 0 Å². The molecule has 0 aliphatic carbocycles. The van der Waals surface area contributed by atoms with E-state index < -0.39 is 5.60 Å². The van der Waals surface area contributed by atoms with Crippen LogP contribution in [-0.2, 0) is 20.9 Å². The zero-order valence-corrected chi connectivity index (χ0v) is 12.2. The van der Waals surface area contributed by atoms with E-state index in [9.17, 15) is 4.79 Å². The highest BCUT2D eigenvalue weighted by Crippen LogP contribution is 2.13. The minimum absolute atomic E-state index is 0.364. The lowest BCUT2D eigenvalue weighted by molar-refractivity contribution is -0.148. The van der Waals surface area contributed by atoms with Gasteiger partial charge in [-0.15, -0.1) is 0 Å². The van der Waals surface area contributed by atoms with Crippen LogP contribution in [0.2, 0.25) is 0 Å². The maximum atomic E-state index is 11.6. The molecule has 0 N–H and O–H groups in total. The van der Waals surface area contributed by atoms with Crippen LogP contribution in [0.1, 0.15) is 37.6 Å². The number of aryl methyl sites for hydroxylation is 1. The molecule has 19 heavy (non-hydrogen) atoms. The SMILES string of the molecule is COCc1ncc(C)cc1C=CC(=O)OC(C)(C)C. The third-order valence-electron chi connectivity index (χ3n) is 2.23. The Morgan fingerprint density at radius 2 is 2.11 bits per heavy atom. The summed E-state index contributed by atoms with van der Waals surface area (Å²) in [6.07, 6.45) is 4.91. The second kappa shape index (κ2) is 6.48. The molecule has 1 aromatic heterocycles. The normalized spacial score (nSPS) is 11.8. The summed E-state index contributed by atoms with van der Waals surface area (Å²) in [6.45, 7) is 7.87. The van der Waals surface area contributed by atoms with Crippen LogP contribution < -0.4 is 0 Å². The van der Waals surface area contributed by atoms with Crippen LogP contribution in [0.5, 0.6) is 0 Å². The number of esters is 1. The number of carbonyl (C=O) groups excluding carboxylic acids is 1. The van der Waals surface area contributed by atoms with Crippen LogP contribution in [0.25, 0.3) is 6.08 Å². The van der Waals surface area contributed by atoms with E-state index in [0.29, 0.717) is 6.61 Å². The number of carbonyl (C=O) groups is 1. The topological polar surface area (TPSA) is 48.4 Å². The zero-order chi connectivity index (χ0) is 14.5. The van der Waals surface area contributed by atoms with Crippen molar-refractivity contribution in [1.82, 2.24) is 4.98 Å². The minimum Gasteiger partial charge on any atom is -0.457 e. The maximum Gasteiger partial charge on any atom is 0.331 e. The van der Waals surface area contributed by atoms with Crippen LogP contribution in [0, 0.1) is 6.92 Å². The number of rotatable bonds is 4. The fraction of sp³-hybridized carbons (Fsp3) is 0.467. The first kappa shape index (κ1) is 15.4. The highest BCUT2D eigenvalue weighted by atomic mass is 16.6. The summed E-state index contributed by atoms with van der Waals surface area (Å²) in [5.74, 6) is -0.364. The van der Waals surface area contributed by atoms with Crippen molar-refractivity contribution in [2.45, 2.75) is 39.9 Å². The largest absolute Gasteiger partial charge is 0.457 e. The molecule has 4 heteroatoms. The molecule has 0 saturated carbocycles. The van der Waals surface area contributed by atoms with E-state index in [0.717, 1.165) is 16.8 Å². The Labute approximate surface area is 114 Å². The van der Waals surface area contributed by atoms with Gasteiger partial charge in [-0.1, -0.05) is 0 Å². The monoisotopic (exact) mass is 263 g/mol. The Balaban J connectivity index is 2.86. The van der Waals surface area contributed by atoms with Crippen molar-refractivity contribution < 1.29 is 14.3 Å². The maximum absolute atomic E-state index is 11.6. The van der Waals surface area contributed by atoms with Crippen molar-refractivity contribution in [1.29, 1.82) is 0 Å². The summed E-state index contributed by atoms with van der Waals surface area (Å²) < 4.78 is 10.3. The van der Waals surface area contributed by atoms with Crippen molar-refractivity contribution >= 4 is 12.0 Å². The Morgan fingerprint density at radius 3 is 2.68 bits per heavy atom. The Morgan fingerprint density at radius 1 is 1.42 bits per heavy atom. The summed E-state index contributed by atoms with van der Waals surface area (Å²) in [6, 6.07) is 1.96. The number of hydrogen-bond donors (Lipinski definition) is 0. The van der Waals surface area contributed by atoms with Crippen LogP contribution >= 0.6 is 0 Å². The van der Waals surface area contributed by atoms with E-state index in [-0.39, 0.29) is 5.97 Å². The standard InChI is InChI=1S/C15H21NO3/c1-11-8-12(13(10-18-5)16-9-11)6-7-14(17)19-15(2,3)4/h6-9H,10H2,1-5H3. The van der Waals surface area contributed by atoms with Crippen LogP contribution in [0.15, 0.2) is 18.3 Å². The number of nitrogens with zero attached hydrogens (tertiary/aromatic N) is 1. The lowest BCUT2D eigenvalue weighted by atomic mass is 10.1. The average molecular weight is 263 g/mol. The molecule has 0 unspecified atom stereocenters. The average Bonchev–Trinajstić information content (AvgIpc) is 2.27. The molecule has 0 aliphatic heterocycles. The Kier molecular flexibility index (Phi) is 5.24. The van der Waals surface area contributed by atoms with Gasteiger partial charge in [0.05, 0.1) is 12.3 Å². The van der Waals surface area contributed by atoms with Crippen molar-refractivity contribution in [2.75, 3.05) is 7.11 Å². The number of hydrogen-bond acceptors (Lipinski definition) is 4. The molecule has 0 amide bonds. The van der Waals surface area contributed by atoms with Gasteiger partial charge in [0.15, 0.2) is 0 Å². The third kappa shape index (κ3) is 5.66. The van der Waals surface area contributed by atoms with E-state index in [4.69, 9.17) is 9.47 Å². The van der Waals surface area contributed by atoms with Crippen LogP contribution in [0.3, 0.4) is 0 Å². The lowest BCUT2D eigenvalue weighted by Crippen LogP contribution is -2.22. The smallest absolute Gasteiger partial charge is 0.331 e. The van der Waals surface area contributed by atoms with E-state index >= 15 is 0 Å². The molecule has 0 spiro atoms.